The van der Waals surface area contributed by atoms with Crippen LogP contribution in [0.5, 0.6) is 0 Å². The van der Waals surface area contributed by atoms with Crippen molar-refractivity contribution in [1.29, 1.82) is 0 Å². The zero-order chi connectivity index (χ0) is 13.2. The minimum Gasteiger partial charge on any atom is -0.478 e. The maximum absolute atomic E-state index is 11.2. The number of nitrogens with one attached hydrogen (secondary N) is 2. The highest BCUT2D eigenvalue weighted by Crippen LogP contribution is 2.20. The molecule has 0 aliphatic carbocycles. The minimum atomic E-state index is -1.02. The molecule has 94 valence electrons. The second-order valence-corrected chi connectivity index (χ2v) is 3.81. The number of aromatic amines is 2. The Bertz CT molecular complexity index is 651. The van der Waals surface area contributed by atoms with Crippen molar-refractivity contribution in [2.24, 2.45) is 0 Å². The molecule has 0 unspecified atom stereocenters. The van der Waals surface area contributed by atoms with Crippen molar-refractivity contribution in [3.8, 4) is 23.0 Å². The van der Waals surface area contributed by atoms with E-state index in [1.807, 2.05) is 0 Å². The molecule has 0 atom stereocenters. The van der Waals surface area contributed by atoms with E-state index in [1.165, 1.54) is 12.1 Å². The third-order valence-corrected chi connectivity index (χ3v) is 2.55. The number of nitrogens with zero attached hydrogens (tertiary/aromatic N) is 3. The van der Waals surface area contributed by atoms with Gasteiger partial charge in [-0.3, -0.25) is 0 Å². The van der Waals surface area contributed by atoms with Crippen LogP contribution >= 0.6 is 0 Å². The van der Waals surface area contributed by atoms with Crippen molar-refractivity contribution in [1.82, 2.24) is 24.9 Å². The molecule has 0 saturated carbocycles. The zero-order valence-electron chi connectivity index (χ0n) is 9.66. The Morgan fingerprint density at radius 2 is 1.53 bits per heavy atom. The monoisotopic (exact) mass is 255 g/mol. The topological polar surface area (TPSA) is 108 Å². The number of H-pyrrole nitrogens is 2. The Labute approximate surface area is 107 Å². The molecule has 3 N–H and O–H groups in total. The van der Waals surface area contributed by atoms with Gasteiger partial charge in [-0.25, -0.2) is 19.7 Å². The van der Waals surface area contributed by atoms with E-state index in [4.69, 9.17) is 5.11 Å². The Kier molecular flexibility index (Phi) is 2.57. The van der Waals surface area contributed by atoms with E-state index in [0.29, 0.717) is 23.0 Å². The number of hydrogen-bond donors (Lipinski definition) is 3. The normalized spacial score (nSPS) is 10.5. The molecule has 0 saturated heterocycles. The first-order valence-corrected chi connectivity index (χ1v) is 5.49. The standard InChI is InChI=1S/C12H9N5O2/c18-12(19)7-5-8(10-13-1-2-14-10)17-9(6-7)11-15-3-4-16-11/h1-6H,(H,13,14)(H,15,16)(H,18,19). The van der Waals surface area contributed by atoms with Gasteiger partial charge in [-0.05, 0) is 12.1 Å². The smallest absolute Gasteiger partial charge is 0.335 e. The van der Waals surface area contributed by atoms with E-state index in [2.05, 4.69) is 24.9 Å². The van der Waals surface area contributed by atoms with Crippen LogP contribution in [0.2, 0.25) is 0 Å². The first-order chi connectivity index (χ1) is 9.24. The van der Waals surface area contributed by atoms with E-state index >= 15 is 0 Å². The van der Waals surface area contributed by atoms with Crippen LogP contribution in [-0.4, -0.2) is 36.0 Å². The molecule has 0 amide bonds. The number of aromatic nitrogens is 5. The fourth-order valence-corrected chi connectivity index (χ4v) is 1.71. The summed E-state index contributed by atoms with van der Waals surface area (Å²) in [4.78, 5) is 29.4. The van der Waals surface area contributed by atoms with Crippen molar-refractivity contribution in [3.05, 3.63) is 42.5 Å². The van der Waals surface area contributed by atoms with Gasteiger partial charge in [0.1, 0.15) is 11.4 Å². The average Bonchev–Trinajstić information content (AvgIpc) is 3.11. The zero-order valence-corrected chi connectivity index (χ0v) is 9.66. The van der Waals surface area contributed by atoms with Gasteiger partial charge >= 0.3 is 5.97 Å². The highest BCUT2D eigenvalue weighted by Gasteiger charge is 2.13. The van der Waals surface area contributed by atoms with E-state index in [-0.39, 0.29) is 5.56 Å². The van der Waals surface area contributed by atoms with Crippen LogP contribution < -0.4 is 0 Å². The predicted molar refractivity (Wildman–Crippen MR) is 66.4 cm³/mol. The molecule has 3 heterocycles. The summed E-state index contributed by atoms with van der Waals surface area (Å²) >= 11 is 0. The van der Waals surface area contributed by atoms with Gasteiger partial charge in [0, 0.05) is 24.8 Å². The molecular formula is C12H9N5O2. The first kappa shape index (κ1) is 11.1. The van der Waals surface area contributed by atoms with Crippen molar-refractivity contribution < 1.29 is 9.90 Å². The summed E-state index contributed by atoms with van der Waals surface area (Å²) in [5.74, 6) is -0.00479. The van der Waals surface area contributed by atoms with Gasteiger partial charge in [-0.2, -0.15) is 0 Å². The molecule has 7 nitrogen and oxygen atoms in total. The summed E-state index contributed by atoms with van der Waals surface area (Å²) in [5, 5.41) is 9.14. The van der Waals surface area contributed by atoms with E-state index < -0.39 is 5.97 Å². The Hall–Kier alpha value is -2.96. The highest BCUT2D eigenvalue weighted by atomic mass is 16.4. The van der Waals surface area contributed by atoms with Gasteiger partial charge < -0.3 is 15.1 Å². The molecule has 0 radical (unpaired) electrons. The summed E-state index contributed by atoms with van der Waals surface area (Å²) in [6.07, 6.45) is 6.46. The fourth-order valence-electron chi connectivity index (χ4n) is 1.71. The van der Waals surface area contributed by atoms with Crippen LogP contribution in [0.15, 0.2) is 36.9 Å². The molecule has 0 bridgehead atoms. The van der Waals surface area contributed by atoms with Crippen molar-refractivity contribution >= 4 is 5.97 Å². The number of carboxylic acid groups (broad SMARTS) is 1. The number of aromatic carboxylic acids is 1. The fraction of sp³-hybridized carbons (Fsp3) is 0. The van der Waals surface area contributed by atoms with Crippen LogP contribution in [-0.2, 0) is 0 Å². The van der Waals surface area contributed by atoms with Gasteiger partial charge in [-0.1, -0.05) is 0 Å². The predicted octanol–water partition coefficient (Wildman–Crippen LogP) is 1.56. The molecule has 3 aromatic heterocycles. The maximum Gasteiger partial charge on any atom is 0.335 e. The number of carbonyl (C=O) groups is 1. The molecule has 0 aliphatic rings. The molecular weight excluding hydrogens is 246 g/mol. The van der Waals surface area contributed by atoms with Crippen LogP contribution in [0.1, 0.15) is 10.4 Å². The Morgan fingerprint density at radius 3 is 1.89 bits per heavy atom. The molecule has 0 aromatic carbocycles. The SMILES string of the molecule is O=C(O)c1cc(-c2ncc[nH]2)nc(-c2ncc[nH]2)c1. The van der Waals surface area contributed by atoms with Gasteiger partial charge in [0.15, 0.2) is 11.6 Å². The van der Waals surface area contributed by atoms with Crippen LogP contribution in [0.4, 0.5) is 0 Å². The third kappa shape index (κ3) is 2.08. The highest BCUT2D eigenvalue weighted by molar-refractivity contribution is 5.90. The summed E-state index contributed by atoms with van der Waals surface area (Å²) in [7, 11) is 0. The van der Waals surface area contributed by atoms with Crippen LogP contribution in [0.3, 0.4) is 0 Å². The number of rotatable bonds is 3. The number of pyridine rings is 1. The van der Waals surface area contributed by atoms with E-state index in [9.17, 15) is 4.79 Å². The lowest BCUT2D eigenvalue weighted by atomic mass is 10.1. The summed E-state index contributed by atoms with van der Waals surface area (Å²) in [5.41, 5.74) is 1.04. The lowest BCUT2D eigenvalue weighted by Gasteiger charge is -2.03. The summed E-state index contributed by atoms with van der Waals surface area (Å²) in [6, 6.07) is 2.93. The lowest BCUT2D eigenvalue weighted by Crippen LogP contribution is -2.01. The number of hydrogen-bond acceptors (Lipinski definition) is 4. The average molecular weight is 255 g/mol. The van der Waals surface area contributed by atoms with Crippen molar-refractivity contribution in [2.45, 2.75) is 0 Å². The van der Waals surface area contributed by atoms with Gasteiger partial charge in [0.2, 0.25) is 0 Å². The molecule has 3 rings (SSSR count). The largest absolute Gasteiger partial charge is 0.478 e. The third-order valence-electron chi connectivity index (χ3n) is 2.55. The van der Waals surface area contributed by atoms with Gasteiger partial charge in [0.25, 0.3) is 0 Å². The van der Waals surface area contributed by atoms with Crippen molar-refractivity contribution in [3.63, 3.8) is 0 Å². The molecule has 0 fully saturated rings. The van der Waals surface area contributed by atoms with Crippen LogP contribution in [0.25, 0.3) is 23.0 Å². The van der Waals surface area contributed by atoms with E-state index in [1.54, 1.807) is 24.8 Å². The Balaban J connectivity index is 2.18. The van der Waals surface area contributed by atoms with E-state index in [0.717, 1.165) is 0 Å². The minimum absolute atomic E-state index is 0.132. The molecule has 0 aliphatic heterocycles. The first-order valence-electron chi connectivity index (χ1n) is 5.49. The van der Waals surface area contributed by atoms with Crippen molar-refractivity contribution in [2.75, 3.05) is 0 Å². The number of carboxylic acids is 1. The maximum atomic E-state index is 11.2. The van der Waals surface area contributed by atoms with Crippen LogP contribution in [0, 0.1) is 0 Å². The molecule has 0 spiro atoms. The summed E-state index contributed by atoms with van der Waals surface area (Å²) < 4.78 is 0. The van der Waals surface area contributed by atoms with Gasteiger partial charge in [0.05, 0.1) is 5.56 Å². The lowest BCUT2D eigenvalue weighted by molar-refractivity contribution is 0.0697. The number of imidazole rings is 2. The molecule has 7 heteroatoms. The summed E-state index contributed by atoms with van der Waals surface area (Å²) in [6.45, 7) is 0. The molecule has 3 aromatic rings. The molecule has 19 heavy (non-hydrogen) atoms. The second-order valence-electron chi connectivity index (χ2n) is 3.81. The quantitative estimate of drug-likeness (QED) is 0.658. The van der Waals surface area contributed by atoms with Gasteiger partial charge in [-0.15, -0.1) is 0 Å². The Morgan fingerprint density at radius 1 is 1.00 bits per heavy atom. The second kappa shape index (κ2) is 4.37.